The fourth-order valence-corrected chi connectivity index (χ4v) is 2.53. The predicted octanol–water partition coefficient (Wildman–Crippen LogP) is 2.13. The van der Waals surface area contributed by atoms with E-state index >= 15 is 0 Å². The smallest absolute Gasteiger partial charge is 0.155 e. The molecule has 1 aliphatic rings. The minimum Gasteiger partial charge on any atom is -0.377 e. The topological polar surface area (TPSA) is 62.8 Å². The Morgan fingerprint density at radius 2 is 2.25 bits per heavy atom. The molecule has 0 bridgehead atoms. The lowest BCUT2D eigenvalue weighted by atomic mass is 10.1. The van der Waals surface area contributed by atoms with E-state index < -0.39 is 0 Å². The number of ether oxygens (including phenoxy) is 1. The summed E-state index contributed by atoms with van der Waals surface area (Å²) in [5, 5.41) is 10.3. The van der Waals surface area contributed by atoms with Gasteiger partial charge < -0.3 is 10.1 Å². The molecule has 1 aromatic heterocycles. The van der Waals surface area contributed by atoms with Crippen molar-refractivity contribution in [2.45, 2.75) is 38.5 Å². The fourth-order valence-electron chi connectivity index (χ4n) is 2.53. The Morgan fingerprint density at radius 3 is 2.90 bits per heavy atom. The number of nitrogens with one attached hydrogen (secondary N) is 2. The van der Waals surface area contributed by atoms with Crippen LogP contribution in [0.5, 0.6) is 0 Å². The predicted molar refractivity (Wildman–Crippen MR) is 77.1 cm³/mol. The lowest BCUT2D eigenvalue weighted by Crippen LogP contribution is -2.36. The van der Waals surface area contributed by atoms with Gasteiger partial charge in [-0.25, -0.2) is 4.98 Å². The Morgan fingerprint density at radius 1 is 1.40 bits per heavy atom. The third kappa shape index (κ3) is 3.05. The highest BCUT2D eigenvalue weighted by Gasteiger charge is 2.21. The van der Waals surface area contributed by atoms with E-state index in [0.717, 1.165) is 24.5 Å². The first-order valence-electron chi connectivity index (χ1n) is 7.12. The van der Waals surface area contributed by atoms with Crippen LogP contribution >= 0.6 is 0 Å². The molecule has 0 amide bonds. The van der Waals surface area contributed by atoms with Crippen molar-refractivity contribution in [1.29, 1.82) is 0 Å². The normalized spacial score (nSPS) is 20.1. The van der Waals surface area contributed by atoms with Gasteiger partial charge in [0.05, 0.1) is 6.10 Å². The SMILES string of the molecule is CC(NCc1ccc(-c2ncn[nH]2)cc1)C1CCCO1. The summed E-state index contributed by atoms with van der Waals surface area (Å²) < 4.78 is 5.69. The molecule has 1 saturated heterocycles. The van der Waals surface area contributed by atoms with Gasteiger partial charge in [-0.1, -0.05) is 24.3 Å². The highest BCUT2D eigenvalue weighted by atomic mass is 16.5. The average Bonchev–Trinajstić information content (AvgIpc) is 3.18. The van der Waals surface area contributed by atoms with E-state index in [-0.39, 0.29) is 0 Å². The van der Waals surface area contributed by atoms with Gasteiger partial charge in [0.15, 0.2) is 5.82 Å². The molecule has 1 aliphatic heterocycles. The summed E-state index contributed by atoms with van der Waals surface area (Å²) in [6, 6.07) is 8.76. The van der Waals surface area contributed by atoms with Crippen LogP contribution in [0.15, 0.2) is 30.6 Å². The van der Waals surface area contributed by atoms with Crippen LogP contribution in [0.25, 0.3) is 11.4 Å². The van der Waals surface area contributed by atoms with Crippen LogP contribution in [0.2, 0.25) is 0 Å². The summed E-state index contributed by atoms with van der Waals surface area (Å²) in [5.74, 6) is 0.803. The van der Waals surface area contributed by atoms with E-state index in [9.17, 15) is 0 Å². The average molecular weight is 272 g/mol. The molecule has 5 nitrogen and oxygen atoms in total. The van der Waals surface area contributed by atoms with E-state index in [0.29, 0.717) is 12.1 Å². The van der Waals surface area contributed by atoms with Crippen molar-refractivity contribution in [2.24, 2.45) is 0 Å². The van der Waals surface area contributed by atoms with Crippen molar-refractivity contribution in [2.75, 3.05) is 6.61 Å². The van der Waals surface area contributed by atoms with Crippen LogP contribution in [0.3, 0.4) is 0 Å². The molecule has 2 atom stereocenters. The maximum atomic E-state index is 5.69. The van der Waals surface area contributed by atoms with E-state index in [1.807, 2.05) is 0 Å². The van der Waals surface area contributed by atoms with E-state index in [2.05, 4.69) is 51.7 Å². The molecular weight excluding hydrogens is 252 g/mol. The van der Waals surface area contributed by atoms with Gasteiger partial charge in [0.25, 0.3) is 0 Å². The Hall–Kier alpha value is -1.72. The molecule has 1 fully saturated rings. The van der Waals surface area contributed by atoms with Crippen molar-refractivity contribution >= 4 is 0 Å². The van der Waals surface area contributed by atoms with E-state index in [1.165, 1.54) is 24.7 Å². The summed E-state index contributed by atoms with van der Waals surface area (Å²) in [6.07, 6.45) is 4.23. The number of nitrogens with zero attached hydrogens (tertiary/aromatic N) is 2. The Kier molecular flexibility index (Phi) is 4.08. The number of aromatic nitrogens is 3. The minimum atomic E-state index is 0.364. The molecule has 20 heavy (non-hydrogen) atoms. The zero-order valence-corrected chi connectivity index (χ0v) is 11.7. The summed E-state index contributed by atoms with van der Waals surface area (Å²) in [5.41, 5.74) is 2.32. The third-order valence-electron chi connectivity index (χ3n) is 3.79. The second kappa shape index (κ2) is 6.15. The van der Waals surface area contributed by atoms with E-state index in [4.69, 9.17) is 4.74 Å². The van der Waals surface area contributed by atoms with Gasteiger partial charge in [-0.2, -0.15) is 5.10 Å². The minimum absolute atomic E-state index is 0.364. The summed E-state index contributed by atoms with van der Waals surface area (Å²) in [7, 11) is 0. The number of H-pyrrole nitrogens is 1. The highest BCUT2D eigenvalue weighted by Crippen LogP contribution is 2.17. The van der Waals surface area contributed by atoms with Gasteiger partial charge in [-0.3, -0.25) is 5.10 Å². The zero-order valence-electron chi connectivity index (χ0n) is 11.7. The first-order chi connectivity index (χ1) is 9.83. The van der Waals surface area contributed by atoms with Crippen molar-refractivity contribution in [3.8, 4) is 11.4 Å². The first-order valence-corrected chi connectivity index (χ1v) is 7.12. The largest absolute Gasteiger partial charge is 0.377 e. The maximum absolute atomic E-state index is 5.69. The van der Waals surface area contributed by atoms with E-state index in [1.54, 1.807) is 0 Å². The molecule has 2 aromatic rings. The molecule has 0 aliphatic carbocycles. The number of hydrogen-bond donors (Lipinski definition) is 2. The summed E-state index contributed by atoms with van der Waals surface area (Å²) in [6.45, 7) is 3.96. The molecule has 5 heteroatoms. The van der Waals surface area contributed by atoms with Crippen LogP contribution in [0.1, 0.15) is 25.3 Å². The van der Waals surface area contributed by atoms with Crippen molar-refractivity contribution in [3.05, 3.63) is 36.2 Å². The fraction of sp³-hybridized carbons (Fsp3) is 0.467. The molecule has 2 heterocycles. The second-order valence-electron chi connectivity index (χ2n) is 5.25. The third-order valence-corrected chi connectivity index (χ3v) is 3.79. The van der Waals surface area contributed by atoms with Crippen LogP contribution < -0.4 is 5.32 Å². The van der Waals surface area contributed by atoms with Crippen LogP contribution in [-0.4, -0.2) is 33.9 Å². The molecular formula is C15H20N4O. The molecule has 2 unspecified atom stereocenters. The Balaban J connectivity index is 1.55. The first kappa shape index (κ1) is 13.3. The van der Waals surface area contributed by atoms with Crippen molar-refractivity contribution in [1.82, 2.24) is 20.5 Å². The van der Waals surface area contributed by atoms with Crippen molar-refractivity contribution in [3.63, 3.8) is 0 Å². The molecule has 2 N–H and O–H groups in total. The number of rotatable bonds is 5. The van der Waals surface area contributed by atoms with Crippen LogP contribution in [-0.2, 0) is 11.3 Å². The second-order valence-corrected chi connectivity index (χ2v) is 5.25. The Bertz CT molecular complexity index is 517. The lowest BCUT2D eigenvalue weighted by molar-refractivity contribution is 0.0832. The van der Waals surface area contributed by atoms with Gasteiger partial charge in [0.1, 0.15) is 6.33 Å². The lowest BCUT2D eigenvalue weighted by Gasteiger charge is -2.20. The van der Waals surface area contributed by atoms with Crippen LogP contribution in [0, 0.1) is 0 Å². The van der Waals surface area contributed by atoms with Crippen molar-refractivity contribution < 1.29 is 4.74 Å². The maximum Gasteiger partial charge on any atom is 0.155 e. The number of aromatic amines is 1. The summed E-state index contributed by atoms with van der Waals surface area (Å²) >= 11 is 0. The number of benzene rings is 1. The molecule has 0 spiro atoms. The van der Waals surface area contributed by atoms with Crippen LogP contribution in [0.4, 0.5) is 0 Å². The zero-order chi connectivity index (χ0) is 13.8. The quantitative estimate of drug-likeness (QED) is 0.875. The monoisotopic (exact) mass is 272 g/mol. The molecule has 1 aromatic carbocycles. The summed E-state index contributed by atoms with van der Waals surface area (Å²) in [4.78, 5) is 4.14. The number of hydrogen-bond acceptors (Lipinski definition) is 4. The standard InChI is InChI=1S/C15H20N4O/c1-11(14-3-2-8-20-14)16-9-12-4-6-13(7-5-12)15-17-10-18-19-15/h4-7,10-11,14,16H,2-3,8-9H2,1H3,(H,17,18,19). The Labute approximate surface area is 118 Å². The van der Waals surface area contributed by atoms with Gasteiger partial charge in [-0.05, 0) is 25.3 Å². The molecule has 106 valence electrons. The molecule has 3 rings (SSSR count). The molecule has 0 saturated carbocycles. The van der Waals surface area contributed by atoms with Gasteiger partial charge in [0, 0.05) is 24.8 Å². The van der Waals surface area contributed by atoms with Gasteiger partial charge in [-0.15, -0.1) is 0 Å². The highest BCUT2D eigenvalue weighted by molar-refractivity contribution is 5.54. The molecule has 0 radical (unpaired) electrons. The van der Waals surface area contributed by atoms with Gasteiger partial charge >= 0.3 is 0 Å². The van der Waals surface area contributed by atoms with Gasteiger partial charge in [0.2, 0.25) is 0 Å².